The molecule has 3 rings (SSSR count). The first-order valence-corrected chi connectivity index (χ1v) is 9.64. The molecule has 2 amide bonds. The van der Waals surface area contributed by atoms with Gasteiger partial charge >= 0.3 is 0 Å². The van der Waals surface area contributed by atoms with Gasteiger partial charge in [-0.3, -0.25) is 19.5 Å². The van der Waals surface area contributed by atoms with E-state index in [1.54, 1.807) is 24.3 Å². The van der Waals surface area contributed by atoms with Crippen molar-refractivity contribution in [3.63, 3.8) is 0 Å². The van der Waals surface area contributed by atoms with Gasteiger partial charge in [0.1, 0.15) is 0 Å². The van der Waals surface area contributed by atoms with Crippen molar-refractivity contribution in [1.82, 2.24) is 15.5 Å². The lowest BCUT2D eigenvalue weighted by Crippen LogP contribution is -2.43. The summed E-state index contributed by atoms with van der Waals surface area (Å²) in [6, 6.07) is 17.2. The van der Waals surface area contributed by atoms with Gasteiger partial charge in [0, 0.05) is 32.1 Å². The Hall–Kier alpha value is -2.42. The van der Waals surface area contributed by atoms with Crippen molar-refractivity contribution in [1.29, 1.82) is 0 Å². The van der Waals surface area contributed by atoms with Gasteiger partial charge in [-0.15, -0.1) is 24.0 Å². The Morgan fingerprint density at radius 2 is 1.55 bits per heavy atom. The van der Waals surface area contributed by atoms with Crippen LogP contribution in [0.3, 0.4) is 0 Å². The molecule has 0 spiro atoms. The third-order valence-corrected chi connectivity index (χ3v) is 4.74. The van der Waals surface area contributed by atoms with Gasteiger partial charge < -0.3 is 10.6 Å². The normalized spacial score (nSPS) is 14.3. The predicted molar refractivity (Wildman–Crippen MR) is 126 cm³/mol. The van der Waals surface area contributed by atoms with E-state index in [0.29, 0.717) is 42.6 Å². The van der Waals surface area contributed by atoms with E-state index < -0.39 is 0 Å². The minimum absolute atomic E-state index is 0. The zero-order chi connectivity index (χ0) is 19.9. The van der Waals surface area contributed by atoms with Crippen molar-refractivity contribution in [2.24, 2.45) is 4.99 Å². The van der Waals surface area contributed by atoms with Crippen LogP contribution in [-0.2, 0) is 0 Å². The van der Waals surface area contributed by atoms with Crippen LogP contribution < -0.4 is 10.6 Å². The van der Waals surface area contributed by atoms with Gasteiger partial charge in [-0.05, 0) is 24.6 Å². The molecule has 154 valence electrons. The zero-order valence-electron chi connectivity index (χ0n) is 16.7. The third kappa shape index (κ3) is 5.56. The van der Waals surface area contributed by atoms with E-state index in [1.807, 2.05) is 25.1 Å². The van der Waals surface area contributed by atoms with E-state index in [1.165, 1.54) is 10.5 Å². The zero-order valence-corrected chi connectivity index (χ0v) is 19.1. The molecule has 0 saturated heterocycles. The van der Waals surface area contributed by atoms with Crippen LogP contribution in [0.1, 0.15) is 46.0 Å². The molecule has 7 heteroatoms. The highest BCUT2D eigenvalue weighted by atomic mass is 127. The summed E-state index contributed by atoms with van der Waals surface area (Å²) >= 11 is 0. The molecule has 0 aromatic heterocycles. The minimum atomic E-state index is -0.234. The molecule has 0 radical (unpaired) electrons. The third-order valence-electron chi connectivity index (χ3n) is 4.74. The number of hydrogen-bond acceptors (Lipinski definition) is 3. The lowest BCUT2D eigenvalue weighted by Gasteiger charge is -2.17. The standard InChI is InChI=1S/C22H26N4O2.HI/c1-3-23-22(25-15-16(2)17-9-5-4-6-10-17)24-13-14-26-20(27)18-11-7-8-12-19(18)21(26)28;/h4-12,16H,3,13-15H2,1-2H3,(H2,23,24,25);1H. The van der Waals surface area contributed by atoms with E-state index in [0.717, 1.165) is 6.54 Å². The average Bonchev–Trinajstić information content (AvgIpc) is 2.97. The molecule has 1 atom stereocenters. The predicted octanol–water partition coefficient (Wildman–Crippen LogP) is 3.26. The summed E-state index contributed by atoms with van der Waals surface area (Å²) in [5.74, 6) is 0.513. The molecule has 6 nitrogen and oxygen atoms in total. The van der Waals surface area contributed by atoms with Crippen LogP contribution >= 0.6 is 24.0 Å². The van der Waals surface area contributed by atoms with Crippen molar-refractivity contribution in [2.75, 3.05) is 26.2 Å². The Morgan fingerprint density at radius 1 is 0.966 bits per heavy atom. The van der Waals surface area contributed by atoms with Gasteiger partial charge in [-0.2, -0.15) is 0 Å². The maximum Gasteiger partial charge on any atom is 0.261 e. The lowest BCUT2D eigenvalue weighted by atomic mass is 10.0. The Balaban J connectivity index is 0.00000300. The Kier molecular flexibility index (Phi) is 8.63. The van der Waals surface area contributed by atoms with Gasteiger partial charge in [0.15, 0.2) is 5.96 Å². The Bertz CT molecular complexity index is 835. The fraction of sp³-hybridized carbons (Fsp3) is 0.318. The van der Waals surface area contributed by atoms with Crippen LogP contribution in [0.25, 0.3) is 0 Å². The molecule has 0 bridgehead atoms. The number of amides is 2. The summed E-state index contributed by atoms with van der Waals surface area (Å²) in [5, 5.41) is 6.42. The second-order valence-electron chi connectivity index (χ2n) is 6.77. The maximum absolute atomic E-state index is 12.4. The van der Waals surface area contributed by atoms with Crippen LogP contribution in [0.5, 0.6) is 0 Å². The molecule has 2 aromatic carbocycles. The first-order valence-electron chi connectivity index (χ1n) is 9.64. The van der Waals surface area contributed by atoms with E-state index in [4.69, 9.17) is 0 Å². The number of hydrogen-bond donors (Lipinski definition) is 2. The molecule has 1 aliphatic heterocycles. The molecule has 1 heterocycles. The number of benzene rings is 2. The van der Waals surface area contributed by atoms with E-state index in [9.17, 15) is 9.59 Å². The van der Waals surface area contributed by atoms with Crippen molar-refractivity contribution in [2.45, 2.75) is 19.8 Å². The summed E-state index contributed by atoms with van der Waals surface area (Å²) < 4.78 is 0. The number of nitrogens with one attached hydrogen (secondary N) is 2. The molecule has 0 fully saturated rings. The van der Waals surface area contributed by atoms with E-state index >= 15 is 0 Å². The SMILES string of the molecule is CCNC(=NCC(C)c1ccccc1)NCCN1C(=O)c2ccccc2C1=O.I. The second-order valence-corrected chi connectivity index (χ2v) is 6.77. The molecule has 2 aromatic rings. The van der Waals surface area contributed by atoms with Crippen molar-refractivity contribution >= 4 is 41.8 Å². The topological polar surface area (TPSA) is 73.8 Å². The van der Waals surface area contributed by atoms with E-state index in [2.05, 4.69) is 34.7 Å². The first-order chi connectivity index (χ1) is 13.6. The second kappa shape index (κ2) is 10.9. The molecule has 2 N–H and O–H groups in total. The molecule has 1 unspecified atom stereocenters. The van der Waals surface area contributed by atoms with Gasteiger partial charge in [-0.25, -0.2) is 0 Å². The molecule has 1 aliphatic rings. The molecule has 0 saturated carbocycles. The molecule has 0 aliphatic carbocycles. The summed E-state index contributed by atoms with van der Waals surface area (Å²) in [4.78, 5) is 30.7. The van der Waals surface area contributed by atoms with Crippen LogP contribution in [0.4, 0.5) is 0 Å². The number of aliphatic imine (C=N–C) groups is 1. The van der Waals surface area contributed by atoms with Crippen molar-refractivity contribution < 1.29 is 9.59 Å². The van der Waals surface area contributed by atoms with Crippen molar-refractivity contribution in [3.8, 4) is 0 Å². The number of halogens is 1. The summed E-state index contributed by atoms with van der Waals surface area (Å²) in [5.41, 5.74) is 2.20. The summed E-state index contributed by atoms with van der Waals surface area (Å²) in [7, 11) is 0. The van der Waals surface area contributed by atoms with Crippen molar-refractivity contribution in [3.05, 3.63) is 71.3 Å². The molecular formula is C22H27IN4O2. The largest absolute Gasteiger partial charge is 0.357 e. The highest BCUT2D eigenvalue weighted by Gasteiger charge is 2.34. The number of guanidine groups is 1. The number of nitrogens with zero attached hydrogens (tertiary/aromatic N) is 2. The average molecular weight is 506 g/mol. The Morgan fingerprint density at radius 3 is 2.14 bits per heavy atom. The first kappa shape index (κ1) is 22.9. The van der Waals surface area contributed by atoms with Crippen LogP contribution in [0, 0.1) is 0 Å². The number of fused-ring (bicyclic) bond motifs is 1. The van der Waals surface area contributed by atoms with Gasteiger partial charge in [0.25, 0.3) is 11.8 Å². The van der Waals surface area contributed by atoms with E-state index in [-0.39, 0.29) is 35.8 Å². The van der Waals surface area contributed by atoms with Gasteiger partial charge in [0.2, 0.25) is 0 Å². The van der Waals surface area contributed by atoms with Crippen LogP contribution in [-0.4, -0.2) is 48.9 Å². The minimum Gasteiger partial charge on any atom is -0.357 e. The fourth-order valence-electron chi connectivity index (χ4n) is 3.19. The van der Waals surface area contributed by atoms with Crippen LogP contribution in [0.2, 0.25) is 0 Å². The van der Waals surface area contributed by atoms with Crippen LogP contribution in [0.15, 0.2) is 59.6 Å². The van der Waals surface area contributed by atoms with Gasteiger partial charge in [0.05, 0.1) is 11.1 Å². The maximum atomic E-state index is 12.4. The smallest absolute Gasteiger partial charge is 0.261 e. The fourth-order valence-corrected chi connectivity index (χ4v) is 3.19. The lowest BCUT2D eigenvalue weighted by molar-refractivity contribution is 0.0657. The summed E-state index contributed by atoms with van der Waals surface area (Å²) in [6.07, 6.45) is 0. The Labute approximate surface area is 188 Å². The highest BCUT2D eigenvalue weighted by Crippen LogP contribution is 2.21. The monoisotopic (exact) mass is 506 g/mol. The quantitative estimate of drug-likeness (QED) is 0.262. The number of imide groups is 1. The number of rotatable bonds is 7. The number of carbonyl (C=O) groups is 2. The molecular weight excluding hydrogens is 479 g/mol. The molecule has 29 heavy (non-hydrogen) atoms. The number of carbonyl (C=O) groups excluding carboxylic acids is 2. The summed E-state index contributed by atoms with van der Waals surface area (Å²) in [6.45, 7) is 6.26. The van der Waals surface area contributed by atoms with Gasteiger partial charge in [-0.1, -0.05) is 49.4 Å². The highest BCUT2D eigenvalue weighted by molar-refractivity contribution is 14.0.